The molecule has 0 amide bonds. The van der Waals surface area contributed by atoms with Crippen molar-refractivity contribution in [3.8, 4) is 0 Å². The van der Waals surface area contributed by atoms with Gasteiger partial charge < -0.3 is 9.42 Å². The Balaban J connectivity index is 3.29. The fraction of sp³-hybridized carbons (Fsp3) is 1.00. The van der Waals surface area contributed by atoms with Gasteiger partial charge in [-0.25, -0.2) is 0 Å². The molecule has 0 radical (unpaired) electrons. The number of rotatable bonds is 18. The average molecular weight is 362 g/mol. The molecule has 0 aromatic rings. The molecule has 1 unspecified atom stereocenters. The summed E-state index contributed by atoms with van der Waals surface area (Å²) in [7, 11) is -3.48. The van der Waals surface area contributed by atoms with E-state index in [4.69, 9.17) is 10.1 Å². The van der Waals surface area contributed by atoms with Gasteiger partial charge in [-0.1, -0.05) is 77.6 Å². The number of nitrogens with one attached hydrogen (secondary N) is 1. The van der Waals surface area contributed by atoms with E-state index in [9.17, 15) is 9.46 Å². The first-order valence-electron chi connectivity index (χ1n) is 9.62. The van der Waals surface area contributed by atoms with Crippen molar-refractivity contribution < 1.29 is 14.0 Å². The summed E-state index contributed by atoms with van der Waals surface area (Å²) in [6, 6.07) is 0. The molecule has 0 aliphatic heterocycles. The Morgan fingerprint density at radius 1 is 0.917 bits per heavy atom. The van der Waals surface area contributed by atoms with Crippen LogP contribution in [0.1, 0.15) is 90.4 Å². The predicted molar refractivity (Wildman–Crippen MR) is 98.5 cm³/mol. The van der Waals surface area contributed by atoms with Crippen molar-refractivity contribution in [1.29, 1.82) is 5.53 Å². The van der Waals surface area contributed by atoms with Crippen LogP contribution in [0.25, 0.3) is 0 Å². The van der Waals surface area contributed by atoms with Gasteiger partial charge in [0.05, 0.1) is 12.8 Å². The average Bonchev–Trinajstić information content (AvgIpc) is 2.56. The van der Waals surface area contributed by atoms with Crippen molar-refractivity contribution in [1.82, 2.24) is 4.91 Å². The Morgan fingerprint density at radius 3 is 1.92 bits per heavy atom. The molecular formula is C17H37N3O3P+. The molecule has 0 aliphatic carbocycles. The molecular weight excluding hydrogens is 325 g/mol. The van der Waals surface area contributed by atoms with Gasteiger partial charge in [0, 0.05) is 0 Å². The summed E-state index contributed by atoms with van der Waals surface area (Å²) >= 11 is 0. The molecule has 0 fully saturated rings. The second kappa shape index (κ2) is 17.3. The first kappa shape index (κ1) is 23.5. The zero-order valence-corrected chi connectivity index (χ0v) is 16.3. The van der Waals surface area contributed by atoms with Crippen molar-refractivity contribution >= 4 is 7.60 Å². The highest BCUT2D eigenvalue weighted by molar-refractivity contribution is 7.52. The Labute approximate surface area is 147 Å². The largest absolute Gasteiger partial charge is 0.328 e. The quantitative estimate of drug-likeness (QED) is 0.139. The van der Waals surface area contributed by atoms with Crippen LogP contribution in [0.2, 0.25) is 0 Å². The number of unbranched alkanes of at least 4 members (excludes halogenated alkanes) is 11. The third-order valence-electron chi connectivity index (χ3n) is 4.06. The lowest BCUT2D eigenvalue weighted by atomic mass is 10.1. The molecule has 0 bridgehead atoms. The number of nitrogens with zero attached hydrogens (tertiary/aromatic N) is 2. The molecule has 0 spiro atoms. The van der Waals surface area contributed by atoms with Crippen LogP contribution in [-0.2, 0) is 9.09 Å². The van der Waals surface area contributed by atoms with Crippen LogP contribution in [0, 0.1) is 5.53 Å². The molecule has 1 atom stereocenters. The van der Waals surface area contributed by atoms with Crippen molar-refractivity contribution in [3.05, 3.63) is 0 Å². The van der Waals surface area contributed by atoms with E-state index < -0.39 is 7.60 Å². The van der Waals surface area contributed by atoms with Crippen LogP contribution >= 0.6 is 7.60 Å². The van der Waals surface area contributed by atoms with Crippen LogP contribution in [0.15, 0.2) is 5.11 Å². The molecule has 142 valence electrons. The van der Waals surface area contributed by atoms with Crippen molar-refractivity contribution in [2.24, 2.45) is 5.11 Å². The fourth-order valence-corrected chi connectivity index (χ4v) is 3.69. The third kappa shape index (κ3) is 17.8. The first-order valence-corrected chi connectivity index (χ1v) is 11.4. The summed E-state index contributed by atoms with van der Waals surface area (Å²) < 4.78 is 16.8. The first-order chi connectivity index (χ1) is 11.6. The van der Waals surface area contributed by atoms with Crippen molar-refractivity contribution in [2.75, 3.05) is 19.3 Å². The van der Waals surface area contributed by atoms with Gasteiger partial charge in [0.1, 0.15) is 17.2 Å². The van der Waals surface area contributed by atoms with Gasteiger partial charge in [-0.15, -0.1) is 0 Å². The normalized spacial score (nSPS) is 13.4. The van der Waals surface area contributed by atoms with Gasteiger partial charge >= 0.3 is 7.60 Å². The molecule has 24 heavy (non-hydrogen) atoms. The van der Waals surface area contributed by atoms with E-state index in [0.29, 0.717) is 19.6 Å². The minimum Gasteiger partial charge on any atom is -0.324 e. The molecule has 0 heterocycles. The summed E-state index contributed by atoms with van der Waals surface area (Å²) in [5, 5.41) is 3.45. The monoisotopic (exact) mass is 362 g/mol. The number of hydrogen-bond acceptors (Lipinski definition) is 4. The molecule has 0 saturated carbocycles. The summed E-state index contributed by atoms with van der Waals surface area (Å²) in [6.07, 6.45) is 15.7. The molecule has 0 saturated heterocycles. The lowest BCUT2D eigenvalue weighted by Gasteiger charge is -2.10. The molecule has 0 aliphatic rings. The summed E-state index contributed by atoms with van der Waals surface area (Å²) in [6.45, 7) is 2.90. The lowest BCUT2D eigenvalue weighted by molar-refractivity contribution is 0.252. The molecule has 0 rings (SSSR count). The summed E-state index contributed by atoms with van der Waals surface area (Å²) in [5.41, 5.74) is 6.50. The second-order valence-corrected chi connectivity index (χ2v) is 8.38. The van der Waals surface area contributed by atoms with E-state index in [0.717, 1.165) is 12.8 Å². The van der Waals surface area contributed by atoms with Crippen LogP contribution < -0.4 is 4.91 Å². The Hall–Kier alpha value is -0.540. The smallest absolute Gasteiger partial charge is 0.324 e. The highest BCUT2D eigenvalue weighted by Gasteiger charge is 2.18. The molecule has 6 nitrogen and oxygen atoms in total. The summed E-state index contributed by atoms with van der Waals surface area (Å²) in [4.78, 5) is 12.5. The van der Waals surface area contributed by atoms with E-state index in [1.54, 1.807) is 0 Å². The maximum absolute atomic E-state index is 11.7. The van der Waals surface area contributed by atoms with Gasteiger partial charge in [-0.3, -0.25) is 4.57 Å². The maximum atomic E-state index is 11.7. The van der Waals surface area contributed by atoms with E-state index in [1.165, 1.54) is 64.2 Å². The standard InChI is InChI=1S/C17H36N3O3P/c1-2-3-4-5-6-7-8-9-10-11-12-13-16-23-24(21,22)17-14-15-19-20-18/h18H,2-17H2,1H3/p+1. The van der Waals surface area contributed by atoms with Crippen molar-refractivity contribution in [3.63, 3.8) is 0 Å². The Morgan fingerprint density at radius 2 is 1.42 bits per heavy atom. The Bertz CT molecular complexity index is 374. The predicted octanol–water partition coefficient (Wildman–Crippen LogP) is 5.83. The minimum atomic E-state index is -3.48. The van der Waals surface area contributed by atoms with E-state index in [1.807, 2.05) is 0 Å². The van der Waals surface area contributed by atoms with Crippen LogP contribution in [0.3, 0.4) is 0 Å². The Kier molecular flexibility index (Phi) is 16.9. The minimum absolute atomic E-state index is 0.0876. The molecule has 2 N–H and O–H groups in total. The van der Waals surface area contributed by atoms with Crippen LogP contribution in [0.5, 0.6) is 0 Å². The van der Waals surface area contributed by atoms with Gasteiger partial charge in [0.15, 0.2) is 0 Å². The van der Waals surface area contributed by atoms with E-state index in [-0.39, 0.29) is 6.16 Å². The highest BCUT2D eigenvalue weighted by Crippen LogP contribution is 2.42. The van der Waals surface area contributed by atoms with Crippen molar-refractivity contribution in [2.45, 2.75) is 90.4 Å². The fourth-order valence-electron chi connectivity index (χ4n) is 2.61. The second-order valence-electron chi connectivity index (χ2n) is 6.40. The SMILES string of the molecule is CCCCCCCCCCCCCCOP(=O)(O)CCCN=[N+]=N. The molecule has 7 heteroatoms. The molecule has 0 aromatic carbocycles. The van der Waals surface area contributed by atoms with E-state index in [2.05, 4.69) is 16.9 Å². The lowest BCUT2D eigenvalue weighted by Crippen LogP contribution is -1.98. The van der Waals surface area contributed by atoms with E-state index >= 15 is 0 Å². The zero-order valence-electron chi connectivity index (χ0n) is 15.4. The van der Waals surface area contributed by atoms with Crippen LogP contribution in [-0.4, -0.2) is 24.2 Å². The van der Waals surface area contributed by atoms with Gasteiger partial charge in [0.25, 0.3) is 0 Å². The summed E-state index contributed by atoms with van der Waals surface area (Å²) in [5.74, 6) is 0. The van der Waals surface area contributed by atoms with Gasteiger partial charge in [-0.2, -0.15) is 0 Å². The number of hydrogen-bond donors (Lipinski definition) is 2. The maximum Gasteiger partial charge on any atom is 0.328 e. The van der Waals surface area contributed by atoms with Crippen LogP contribution in [0.4, 0.5) is 0 Å². The molecule has 0 aromatic heterocycles. The zero-order chi connectivity index (χ0) is 17.9. The third-order valence-corrected chi connectivity index (χ3v) is 5.53. The van der Waals surface area contributed by atoms with Gasteiger partial charge in [-0.05, 0) is 12.8 Å². The topological polar surface area (TPSA) is 96.8 Å². The van der Waals surface area contributed by atoms with Gasteiger partial charge in [0.2, 0.25) is 4.91 Å². The highest BCUT2D eigenvalue weighted by atomic mass is 31.2.